The van der Waals surface area contributed by atoms with E-state index in [1.54, 1.807) is 4.57 Å². The van der Waals surface area contributed by atoms with Gasteiger partial charge >= 0.3 is 5.97 Å². The number of carboxylic acids is 1. The lowest BCUT2D eigenvalue weighted by Gasteiger charge is -2.28. The van der Waals surface area contributed by atoms with Gasteiger partial charge in [0.2, 0.25) is 0 Å². The number of halogens is 2. The Balaban J connectivity index is 1.71. The van der Waals surface area contributed by atoms with E-state index in [9.17, 15) is 23.8 Å². The molecule has 0 bridgehead atoms. The molecule has 0 spiro atoms. The van der Waals surface area contributed by atoms with Crippen LogP contribution >= 0.6 is 0 Å². The fraction of sp³-hybridized carbons (Fsp3) is 0.364. The van der Waals surface area contributed by atoms with Crippen molar-refractivity contribution in [2.24, 2.45) is 0 Å². The average molecular weight is 415 g/mol. The van der Waals surface area contributed by atoms with E-state index in [1.165, 1.54) is 24.4 Å². The highest BCUT2D eigenvalue weighted by molar-refractivity contribution is 5.92. The first-order chi connectivity index (χ1) is 14.4. The Hall–Kier alpha value is -2.84. The van der Waals surface area contributed by atoms with Crippen LogP contribution in [0.3, 0.4) is 0 Å². The number of benzene rings is 1. The third-order valence-corrected chi connectivity index (χ3v) is 5.94. The summed E-state index contributed by atoms with van der Waals surface area (Å²) in [6.45, 7) is 0.620. The van der Waals surface area contributed by atoms with Crippen LogP contribution in [0.4, 0.5) is 8.78 Å². The van der Waals surface area contributed by atoms with Gasteiger partial charge in [0.25, 0.3) is 0 Å². The van der Waals surface area contributed by atoms with Crippen LogP contribution in [0, 0.1) is 11.6 Å². The largest absolute Gasteiger partial charge is 0.477 e. The van der Waals surface area contributed by atoms with Crippen LogP contribution < -0.4 is 5.32 Å². The third-order valence-electron chi connectivity index (χ3n) is 5.94. The molecule has 0 amide bonds. The number of aliphatic hydroxyl groups is 1. The van der Waals surface area contributed by atoms with Gasteiger partial charge in [-0.1, -0.05) is 18.9 Å². The maximum atomic E-state index is 14.2. The number of pyridine rings is 1. The van der Waals surface area contributed by atoms with Crippen LogP contribution in [-0.2, 0) is 13.1 Å². The maximum absolute atomic E-state index is 14.2. The van der Waals surface area contributed by atoms with E-state index in [2.05, 4.69) is 10.3 Å². The Bertz CT molecular complexity index is 1090. The zero-order valence-electron chi connectivity index (χ0n) is 16.4. The van der Waals surface area contributed by atoms with Gasteiger partial charge in [0.1, 0.15) is 17.3 Å². The van der Waals surface area contributed by atoms with Crippen molar-refractivity contribution in [3.8, 4) is 0 Å². The Morgan fingerprint density at radius 2 is 1.97 bits per heavy atom. The molecule has 3 N–H and O–H groups in total. The molecule has 1 fully saturated rings. The summed E-state index contributed by atoms with van der Waals surface area (Å²) in [5.74, 6) is -2.41. The number of hydrogen-bond donors (Lipinski definition) is 3. The van der Waals surface area contributed by atoms with Gasteiger partial charge in [-0.05, 0) is 30.5 Å². The molecule has 6 nitrogen and oxygen atoms in total. The van der Waals surface area contributed by atoms with Crippen LogP contribution in [0.5, 0.6) is 0 Å². The molecule has 2 heterocycles. The maximum Gasteiger partial charge on any atom is 0.354 e. The fourth-order valence-corrected chi connectivity index (χ4v) is 4.21. The summed E-state index contributed by atoms with van der Waals surface area (Å²) < 4.78 is 29.2. The molecule has 3 aromatic rings. The second-order valence-corrected chi connectivity index (χ2v) is 7.91. The molecular weight excluding hydrogens is 392 g/mol. The summed E-state index contributed by atoms with van der Waals surface area (Å²) in [5, 5.41) is 23.3. The summed E-state index contributed by atoms with van der Waals surface area (Å²) >= 11 is 0. The number of fused-ring (bicyclic) bond motifs is 1. The first-order valence-corrected chi connectivity index (χ1v) is 9.92. The van der Waals surface area contributed by atoms with Crippen LogP contribution in [0.25, 0.3) is 10.9 Å². The number of nitrogens with one attached hydrogen (secondary N) is 1. The van der Waals surface area contributed by atoms with E-state index in [-0.39, 0.29) is 24.4 Å². The number of rotatable bonds is 7. The summed E-state index contributed by atoms with van der Waals surface area (Å²) in [6, 6.07) is 4.95. The number of nitrogens with zero attached hydrogens (tertiary/aromatic N) is 2. The van der Waals surface area contributed by atoms with Crippen molar-refractivity contribution < 1.29 is 23.8 Å². The summed E-state index contributed by atoms with van der Waals surface area (Å²) in [5.41, 5.74) is 1.40. The molecule has 1 aliphatic carbocycles. The SMILES string of the molecule is O=C(O)c1cc2c(CNC3(CO)CCCC3)cn(Cc3ccc(F)cc3F)c2cn1. The minimum absolute atomic E-state index is 0.0361. The van der Waals surface area contributed by atoms with E-state index in [0.29, 0.717) is 23.0 Å². The van der Waals surface area contributed by atoms with Crippen molar-refractivity contribution in [3.05, 3.63) is 65.1 Å². The molecule has 2 aromatic heterocycles. The predicted octanol–water partition coefficient (Wildman–Crippen LogP) is 3.46. The standard InChI is InChI=1S/C22H23F2N3O3/c23-16-4-3-14(18(24)7-16)11-27-12-15(9-26-22(13-28)5-1-2-6-22)17-8-19(21(29)30)25-10-20(17)27/h3-4,7-8,10,12,26,28H,1-2,5-6,9,11,13H2,(H,29,30). The minimum Gasteiger partial charge on any atom is -0.477 e. The summed E-state index contributed by atoms with van der Waals surface area (Å²) in [4.78, 5) is 15.4. The Labute approximate surface area is 172 Å². The second-order valence-electron chi connectivity index (χ2n) is 7.91. The van der Waals surface area contributed by atoms with Crippen molar-refractivity contribution >= 4 is 16.9 Å². The van der Waals surface area contributed by atoms with Gasteiger partial charge in [-0.2, -0.15) is 0 Å². The summed E-state index contributed by atoms with van der Waals surface area (Å²) in [7, 11) is 0. The highest BCUT2D eigenvalue weighted by Crippen LogP contribution is 2.31. The molecule has 1 aromatic carbocycles. The molecule has 0 saturated heterocycles. The molecule has 0 unspecified atom stereocenters. The number of carboxylic acid groups (broad SMARTS) is 1. The number of hydrogen-bond acceptors (Lipinski definition) is 4. The molecule has 0 aliphatic heterocycles. The molecule has 158 valence electrons. The van der Waals surface area contributed by atoms with E-state index in [4.69, 9.17) is 0 Å². The average Bonchev–Trinajstić information content (AvgIpc) is 3.33. The summed E-state index contributed by atoms with van der Waals surface area (Å²) in [6.07, 6.45) is 7.14. The van der Waals surface area contributed by atoms with Gasteiger partial charge in [-0.15, -0.1) is 0 Å². The molecule has 4 rings (SSSR count). The van der Waals surface area contributed by atoms with Crippen molar-refractivity contribution in [1.82, 2.24) is 14.9 Å². The van der Waals surface area contributed by atoms with E-state index >= 15 is 0 Å². The van der Waals surface area contributed by atoms with Gasteiger partial charge in [0.15, 0.2) is 0 Å². The quantitative estimate of drug-likeness (QED) is 0.550. The number of aliphatic hydroxyl groups excluding tert-OH is 1. The van der Waals surface area contributed by atoms with E-state index in [0.717, 1.165) is 37.3 Å². The monoisotopic (exact) mass is 415 g/mol. The van der Waals surface area contributed by atoms with Crippen molar-refractivity contribution in [3.63, 3.8) is 0 Å². The van der Waals surface area contributed by atoms with Gasteiger partial charge in [0, 0.05) is 35.3 Å². The number of carbonyl (C=O) groups is 1. The van der Waals surface area contributed by atoms with Gasteiger partial charge < -0.3 is 20.1 Å². The van der Waals surface area contributed by atoms with Crippen LogP contribution in [0.2, 0.25) is 0 Å². The second kappa shape index (κ2) is 8.12. The Morgan fingerprint density at radius 3 is 2.63 bits per heavy atom. The van der Waals surface area contributed by atoms with E-state index in [1.807, 2.05) is 6.20 Å². The molecule has 0 atom stereocenters. The predicted molar refractivity (Wildman–Crippen MR) is 107 cm³/mol. The molecule has 1 aliphatic rings. The first kappa shape index (κ1) is 20.4. The van der Waals surface area contributed by atoms with E-state index < -0.39 is 17.6 Å². The zero-order chi connectivity index (χ0) is 21.3. The molecular formula is C22H23F2N3O3. The number of aromatic carboxylic acids is 1. The molecule has 1 saturated carbocycles. The molecule has 0 radical (unpaired) electrons. The van der Waals surface area contributed by atoms with Crippen molar-refractivity contribution in [2.75, 3.05) is 6.61 Å². The van der Waals surface area contributed by atoms with Gasteiger partial charge in [-0.3, -0.25) is 0 Å². The minimum atomic E-state index is -1.13. The van der Waals surface area contributed by atoms with Crippen molar-refractivity contribution in [1.29, 1.82) is 0 Å². The lowest BCUT2D eigenvalue weighted by Crippen LogP contribution is -2.45. The zero-order valence-corrected chi connectivity index (χ0v) is 16.4. The fourth-order valence-electron chi connectivity index (χ4n) is 4.21. The first-order valence-electron chi connectivity index (χ1n) is 9.92. The van der Waals surface area contributed by atoms with Crippen LogP contribution in [0.15, 0.2) is 36.7 Å². The third kappa shape index (κ3) is 3.93. The van der Waals surface area contributed by atoms with Gasteiger partial charge in [-0.25, -0.2) is 18.6 Å². The van der Waals surface area contributed by atoms with Crippen LogP contribution in [-0.4, -0.2) is 37.9 Å². The Morgan fingerprint density at radius 1 is 1.20 bits per heavy atom. The smallest absolute Gasteiger partial charge is 0.354 e. The lowest BCUT2D eigenvalue weighted by atomic mass is 9.98. The number of aromatic nitrogens is 2. The normalized spacial score (nSPS) is 15.7. The Kier molecular flexibility index (Phi) is 5.53. The lowest BCUT2D eigenvalue weighted by molar-refractivity contribution is 0.0690. The van der Waals surface area contributed by atoms with Crippen molar-refractivity contribution in [2.45, 2.75) is 44.3 Å². The highest BCUT2D eigenvalue weighted by Gasteiger charge is 2.32. The molecule has 8 heteroatoms. The van der Waals surface area contributed by atoms with Crippen LogP contribution in [0.1, 0.15) is 47.3 Å². The molecule has 30 heavy (non-hydrogen) atoms. The topological polar surface area (TPSA) is 87.4 Å². The highest BCUT2D eigenvalue weighted by atomic mass is 19.1. The van der Waals surface area contributed by atoms with Gasteiger partial charge in [0.05, 0.1) is 24.9 Å².